The first kappa shape index (κ1) is 12.0. The third-order valence-electron chi connectivity index (χ3n) is 4.04. The zero-order valence-corrected chi connectivity index (χ0v) is 10.5. The van der Waals surface area contributed by atoms with Gasteiger partial charge in [-0.2, -0.15) is 0 Å². The largest absolute Gasteiger partial charge is 0.327 e. The second-order valence-electron chi connectivity index (χ2n) is 6.45. The van der Waals surface area contributed by atoms with Crippen molar-refractivity contribution in [2.24, 2.45) is 28.9 Å². The molecule has 14 heavy (non-hydrogen) atoms. The molecule has 1 fully saturated rings. The van der Waals surface area contributed by atoms with Crippen LogP contribution in [0.1, 0.15) is 53.9 Å². The summed E-state index contributed by atoms with van der Waals surface area (Å²) >= 11 is 0. The molecule has 1 nitrogen and oxygen atoms in total. The van der Waals surface area contributed by atoms with E-state index < -0.39 is 0 Å². The first-order chi connectivity index (χ1) is 6.32. The summed E-state index contributed by atoms with van der Waals surface area (Å²) in [6.45, 7) is 11.7. The fourth-order valence-electron chi connectivity index (χ4n) is 2.78. The Morgan fingerprint density at radius 3 is 2.14 bits per heavy atom. The Kier molecular flexibility index (Phi) is 3.63. The minimum absolute atomic E-state index is 0.452. The molecule has 1 heteroatoms. The van der Waals surface area contributed by atoms with E-state index in [4.69, 9.17) is 5.73 Å². The molecule has 3 atom stereocenters. The standard InChI is InChI=1S/C13H27N/c1-9(2)11-8-10(13(3,4)5)6-7-12(11)14/h9-12H,6-8,14H2,1-5H3. The smallest absolute Gasteiger partial charge is 0.00698 e. The van der Waals surface area contributed by atoms with Crippen LogP contribution in [0.2, 0.25) is 0 Å². The molecule has 1 saturated carbocycles. The van der Waals surface area contributed by atoms with Crippen molar-refractivity contribution in [3.8, 4) is 0 Å². The lowest BCUT2D eigenvalue weighted by Crippen LogP contribution is -2.41. The summed E-state index contributed by atoms with van der Waals surface area (Å²) < 4.78 is 0. The first-order valence-electron chi connectivity index (χ1n) is 6.08. The molecule has 84 valence electrons. The summed E-state index contributed by atoms with van der Waals surface area (Å²) in [4.78, 5) is 0. The molecule has 0 radical (unpaired) electrons. The quantitative estimate of drug-likeness (QED) is 0.684. The van der Waals surface area contributed by atoms with Crippen LogP contribution in [-0.2, 0) is 0 Å². The van der Waals surface area contributed by atoms with E-state index in [1.165, 1.54) is 19.3 Å². The molecule has 1 aliphatic rings. The van der Waals surface area contributed by atoms with E-state index >= 15 is 0 Å². The molecule has 0 aromatic carbocycles. The lowest BCUT2D eigenvalue weighted by molar-refractivity contribution is 0.104. The van der Waals surface area contributed by atoms with Gasteiger partial charge in [-0.05, 0) is 42.4 Å². The normalized spacial score (nSPS) is 34.9. The zero-order chi connectivity index (χ0) is 10.9. The topological polar surface area (TPSA) is 26.0 Å². The van der Waals surface area contributed by atoms with Crippen molar-refractivity contribution in [1.29, 1.82) is 0 Å². The lowest BCUT2D eigenvalue weighted by atomic mass is 9.65. The van der Waals surface area contributed by atoms with E-state index in [0.29, 0.717) is 11.5 Å². The van der Waals surface area contributed by atoms with Gasteiger partial charge in [-0.15, -0.1) is 0 Å². The summed E-state index contributed by atoms with van der Waals surface area (Å²) in [5.41, 5.74) is 6.65. The predicted molar refractivity (Wildman–Crippen MR) is 63.1 cm³/mol. The number of nitrogens with two attached hydrogens (primary N) is 1. The number of hydrogen-bond acceptors (Lipinski definition) is 1. The van der Waals surface area contributed by atoms with Crippen molar-refractivity contribution >= 4 is 0 Å². The number of rotatable bonds is 1. The molecule has 0 heterocycles. The van der Waals surface area contributed by atoms with Gasteiger partial charge in [0.2, 0.25) is 0 Å². The van der Waals surface area contributed by atoms with Crippen molar-refractivity contribution in [2.75, 3.05) is 0 Å². The Balaban J connectivity index is 2.62. The van der Waals surface area contributed by atoms with Crippen LogP contribution >= 0.6 is 0 Å². The van der Waals surface area contributed by atoms with Crippen molar-refractivity contribution in [2.45, 2.75) is 59.9 Å². The van der Waals surface area contributed by atoms with Gasteiger partial charge >= 0.3 is 0 Å². The van der Waals surface area contributed by atoms with Crippen LogP contribution in [0.4, 0.5) is 0 Å². The van der Waals surface area contributed by atoms with Crippen LogP contribution in [-0.4, -0.2) is 6.04 Å². The molecule has 0 spiro atoms. The van der Waals surface area contributed by atoms with Crippen LogP contribution in [0.5, 0.6) is 0 Å². The maximum absolute atomic E-state index is 6.19. The molecule has 0 aromatic rings. The summed E-state index contributed by atoms with van der Waals surface area (Å²) in [6, 6.07) is 0.452. The van der Waals surface area contributed by atoms with Crippen LogP contribution in [0, 0.1) is 23.2 Å². The Bertz CT molecular complexity index is 178. The maximum Gasteiger partial charge on any atom is 0.00698 e. The highest BCUT2D eigenvalue weighted by molar-refractivity contribution is 4.88. The van der Waals surface area contributed by atoms with E-state index in [1.807, 2.05) is 0 Å². The molecular weight excluding hydrogens is 170 g/mol. The third kappa shape index (κ3) is 2.73. The second kappa shape index (κ2) is 4.22. The maximum atomic E-state index is 6.19. The fraction of sp³-hybridized carbons (Fsp3) is 1.00. The highest BCUT2D eigenvalue weighted by Gasteiger charge is 2.35. The predicted octanol–water partition coefficient (Wildman–Crippen LogP) is 3.43. The van der Waals surface area contributed by atoms with E-state index in [1.54, 1.807) is 0 Å². The van der Waals surface area contributed by atoms with Crippen molar-refractivity contribution in [3.05, 3.63) is 0 Å². The van der Waals surface area contributed by atoms with Gasteiger partial charge in [0.25, 0.3) is 0 Å². The zero-order valence-electron chi connectivity index (χ0n) is 10.5. The van der Waals surface area contributed by atoms with Crippen LogP contribution in [0.25, 0.3) is 0 Å². The summed E-state index contributed by atoms with van der Waals surface area (Å²) in [6.07, 6.45) is 3.89. The lowest BCUT2D eigenvalue weighted by Gasteiger charge is -2.42. The average molecular weight is 197 g/mol. The second-order valence-corrected chi connectivity index (χ2v) is 6.45. The highest BCUT2D eigenvalue weighted by atomic mass is 14.7. The van der Waals surface area contributed by atoms with Gasteiger partial charge in [0.05, 0.1) is 0 Å². The van der Waals surface area contributed by atoms with Gasteiger partial charge in [0.15, 0.2) is 0 Å². The molecule has 0 aliphatic heterocycles. The monoisotopic (exact) mass is 197 g/mol. The molecule has 3 unspecified atom stereocenters. The molecule has 0 amide bonds. The van der Waals surface area contributed by atoms with E-state index in [9.17, 15) is 0 Å². The first-order valence-corrected chi connectivity index (χ1v) is 6.08. The van der Waals surface area contributed by atoms with Gasteiger partial charge < -0.3 is 5.73 Å². The molecule has 1 rings (SSSR count). The van der Waals surface area contributed by atoms with Gasteiger partial charge in [0, 0.05) is 6.04 Å². The van der Waals surface area contributed by atoms with Gasteiger partial charge in [-0.3, -0.25) is 0 Å². The molecule has 0 bridgehead atoms. The summed E-state index contributed by atoms with van der Waals surface area (Å²) in [5, 5.41) is 0. The van der Waals surface area contributed by atoms with Gasteiger partial charge in [-0.25, -0.2) is 0 Å². The van der Waals surface area contributed by atoms with Crippen molar-refractivity contribution in [1.82, 2.24) is 0 Å². The van der Waals surface area contributed by atoms with Gasteiger partial charge in [-0.1, -0.05) is 34.6 Å². The van der Waals surface area contributed by atoms with Crippen molar-refractivity contribution < 1.29 is 0 Å². The Hall–Kier alpha value is -0.0400. The van der Waals surface area contributed by atoms with E-state index in [0.717, 1.165) is 17.8 Å². The SMILES string of the molecule is CC(C)C1CC(C(C)(C)C)CCC1N. The third-order valence-corrected chi connectivity index (χ3v) is 4.04. The minimum atomic E-state index is 0.452. The Labute approximate surface area is 89.5 Å². The molecule has 0 saturated heterocycles. The van der Waals surface area contributed by atoms with Crippen LogP contribution < -0.4 is 5.73 Å². The number of hydrogen-bond donors (Lipinski definition) is 1. The average Bonchev–Trinajstić information content (AvgIpc) is 2.02. The fourth-order valence-corrected chi connectivity index (χ4v) is 2.78. The summed E-state index contributed by atoms with van der Waals surface area (Å²) in [7, 11) is 0. The van der Waals surface area contributed by atoms with Crippen LogP contribution in [0.3, 0.4) is 0 Å². The molecule has 1 aliphatic carbocycles. The Morgan fingerprint density at radius 2 is 1.71 bits per heavy atom. The van der Waals surface area contributed by atoms with E-state index in [2.05, 4.69) is 34.6 Å². The van der Waals surface area contributed by atoms with E-state index in [-0.39, 0.29) is 0 Å². The minimum Gasteiger partial charge on any atom is -0.327 e. The summed E-state index contributed by atoms with van der Waals surface area (Å²) in [5.74, 6) is 2.36. The highest BCUT2D eigenvalue weighted by Crippen LogP contribution is 2.41. The van der Waals surface area contributed by atoms with Gasteiger partial charge in [0.1, 0.15) is 0 Å². The molecule has 0 aromatic heterocycles. The molecular formula is C13H27N. The molecule has 2 N–H and O–H groups in total. The van der Waals surface area contributed by atoms with Crippen LogP contribution in [0.15, 0.2) is 0 Å². The van der Waals surface area contributed by atoms with Crippen molar-refractivity contribution in [3.63, 3.8) is 0 Å². The Morgan fingerprint density at radius 1 is 1.14 bits per heavy atom.